The Morgan fingerprint density at radius 3 is 2.50 bits per heavy atom. The standard InChI is InChI=1S/C20H30N4O2.2ClH/c25-19(10-8-15-9-11-20(26)23-22-15)21-18-13-24(12-17(18)14-6-7-14)16-4-2-1-3-5-16;;/h9,11,14,16-18H,1-8,10,12-13H2,(H,21,25)(H,23,26);2*1H/t17-,18+;;/m1../s1. The fourth-order valence-electron chi connectivity index (χ4n) is 4.79. The number of carbonyl (C=O) groups is 1. The molecule has 4 rings (SSSR count). The Kier molecular flexibility index (Phi) is 8.78. The molecule has 2 atom stereocenters. The molecule has 3 aliphatic rings. The Labute approximate surface area is 179 Å². The van der Waals surface area contributed by atoms with Crippen molar-refractivity contribution < 1.29 is 4.79 Å². The first-order valence-electron chi connectivity index (χ1n) is 10.3. The summed E-state index contributed by atoms with van der Waals surface area (Å²) in [6, 6.07) is 4.19. The summed E-state index contributed by atoms with van der Waals surface area (Å²) in [4.78, 5) is 26.2. The maximum Gasteiger partial charge on any atom is 0.264 e. The molecule has 1 aromatic heterocycles. The highest BCUT2D eigenvalue weighted by molar-refractivity contribution is 5.85. The lowest BCUT2D eigenvalue weighted by atomic mass is 9.94. The molecule has 0 aromatic carbocycles. The van der Waals surface area contributed by atoms with Crippen molar-refractivity contribution in [3.8, 4) is 0 Å². The molecule has 0 spiro atoms. The molecule has 0 radical (unpaired) electrons. The van der Waals surface area contributed by atoms with Gasteiger partial charge in [-0.25, -0.2) is 5.10 Å². The van der Waals surface area contributed by atoms with Crippen molar-refractivity contribution in [3.63, 3.8) is 0 Å². The summed E-state index contributed by atoms with van der Waals surface area (Å²) in [5.74, 6) is 1.56. The molecule has 28 heavy (non-hydrogen) atoms. The van der Waals surface area contributed by atoms with Gasteiger partial charge in [0.2, 0.25) is 5.91 Å². The van der Waals surface area contributed by atoms with E-state index in [1.54, 1.807) is 6.07 Å². The Balaban J connectivity index is 0.00000140. The van der Waals surface area contributed by atoms with Crippen LogP contribution in [0.5, 0.6) is 0 Å². The van der Waals surface area contributed by atoms with Crippen LogP contribution in [0.25, 0.3) is 0 Å². The average Bonchev–Trinajstić information content (AvgIpc) is 3.43. The van der Waals surface area contributed by atoms with Crippen LogP contribution in [-0.4, -0.2) is 46.2 Å². The molecule has 0 unspecified atom stereocenters. The summed E-state index contributed by atoms with van der Waals surface area (Å²) < 4.78 is 0. The predicted molar refractivity (Wildman–Crippen MR) is 114 cm³/mol. The van der Waals surface area contributed by atoms with E-state index >= 15 is 0 Å². The molecule has 1 amide bonds. The number of rotatable bonds is 6. The van der Waals surface area contributed by atoms with E-state index < -0.39 is 0 Å². The third kappa shape index (κ3) is 5.94. The number of aromatic nitrogens is 2. The highest BCUT2D eigenvalue weighted by Gasteiger charge is 2.44. The molecule has 8 heteroatoms. The van der Waals surface area contributed by atoms with Gasteiger partial charge in [0.25, 0.3) is 5.56 Å². The zero-order valence-electron chi connectivity index (χ0n) is 16.3. The second kappa shape index (κ2) is 10.6. The van der Waals surface area contributed by atoms with Gasteiger partial charge < -0.3 is 5.32 Å². The summed E-state index contributed by atoms with van der Waals surface area (Å²) in [7, 11) is 0. The van der Waals surface area contributed by atoms with Crippen LogP contribution < -0.4 is 10.9 Å². The molecule has 3 fully saturated rings. The number of carbonyl (C=O) groups excluding carboxylic acids is 1. The van der Waals surface area contributed by atoms with Gasteiger partial charge in [-0.15, -0.1) is 24.8 Å². The third-order valence-corrected chi connectivity index (χ3v) is 6.40. The maximum absolute atomic E-state index is 12.5. The fourth-order valence-corrected chi connectivity index (χ4v) is 4.79. The second-order valence-electron chi connectivity index (χ2n) is 8.33. The first-order valence-corrected chi connectivity index (χ1v) is 10.3. The first-order chi connectivity index (χ1) is 12.7. The second-order valence-corrected chi connectivity index (χ2v) is 8.33. The molecule has 0 bridgehead atoms. The summed E-state index contributed by atoms with van der Waals surface area (Å²) in [6.45, 7) is 2.19. The summed E-state index contributed by atoms with van der Waals surface area (Å²) >= 11 is 0. The van der Waals surface area contributed by atoms with Crippen molar-refractivity contribution in [1.29, 1.82) is 0 Å². The van der Waals surface area contributed by atoms with Crippen molar-refractivity contribution >= 4 is 30.7 Å². The molecular weight excluding hydrogens is 399 g/mol. The molecule has 2 N–H and O–H groups in total. The van der Waals surface area contributed by atoms with E-state index in [4.69, 9.17) is 0 Å². The van der Waals surface area contributed by atoms with E-state index in [1.807, 2.05) is 0 Å². The highest BCUT2D eigenvalue weighted by atomic mass is 35.5. The van der Waals surface area contributed by atoms with Gasteiger partial charge in [-0.3, -0.25) is 14.5 Å². The van der Waals surface area contributed by atoms with Crippen LogP contribution >= 0.6 is 24.8 Å². The number of hydrogen-bond acceptors (Lipinski definition) is 4. The number of halogens is 2. The molecule has 1 aromatic rings. The van der Waals surface area contributed by atoms with Crippen molar-refractivity contribution in [2.45, 2.75) is 69.9 Å². The van der Waals surface area contributed by atoms with Crippen molar-refractivity contribution in [3.05, 3.63) is 28.2 Å². The monoisotopic (exact) mass is 430 g/mol. The molecular formula is C20H32Cl2N4O2. The van der Waals surface area contributed by atoms with Crippen molar-refractivity contribution in [2.75, 3.05) is 13.1 Å². The van der Waals surface area contributed by atoms with Crippen LogP contribution in [0.4, 0.5) is 0 Å². The first kappa shape index (κ1) is 23.2. The normalized spacial score (nSPS) is 25.6. The topological polar surface area (TPSA) is 78.1 Å². The molecule has 2 heterocycles. The Morgan fingerprint density at radius 1 is 1.11 bits per heavy atom. The van der Waals surface area contributed by atoms with E-state index in [1.165, 1.54) is 57.6 Å². The lowest BCUT2D eigenvalue weighted by Crippen LogP contribution is -2.42. The molecule has 1 saturated heterocycles. The summed E-state index contributed by atoms with van der Waals surface area (Å²) in [5, 5.41) is 9.73. The summed E-state index contributed by atoms with van der Waals surface area (Å²) in [6.07, 6.45) is 10.4. The maximum atomic E-state index is 12.5. The van der Waals surface area contributed by atoms with Gasteiger partial charge in [-0.2, -0.15) is 5.10 Å². The quantitative estimate of drug-likeness (QED) is 0.726. The third-order valence-electron chi connectivity index (χ3n) is 6.40. The van der Waals surface area contributed by atoms with Gasteiger partial charge in [0.15, 0.2) is 0 Å². The van der Waals surface area contributed by atoms with Gasteiger partial charge in [-0.1, -0.05) is 19.3 Å². The smallest absolute Gasteiger partial charge is 0.264 e. The number of nitrogens with one attached hydrogen (secondary N) is 2. The van der Waals surface area contributed by atoms with E-state index in [2.05, 4.69) is 20.4 Å². The van der Waals surface area contributed by atoms with Gasteiger partial charge in [0, 0.05) is 44.1 Å². The number of hydrogen-bond donors (Lipinski definition) is 2. The van der Waals surface area contributed by atoms with E-state index in [9.17, 15) is 9.59 Å². The van der Waals surface area contributed by atoms with Crippen molar-refractivity contribution in [2.24, 2.45) is 11.8 Å². The number of nitrogens with zero attached hydrogens (tertiary/aromatic N) is 2. The van der Waals surface area contributed by atoms with Gasteiger partial charge in [0.05, 0.1) is 5.69 Å². The van der Waals surface area contributed by atoms with Crippen LogP contribution in [0, 0.1) is 11.8 Å². The molecule has 158 valence electrons. The van der Waals surface area contributed by atoms with Crippen LogP contribution in [0.1, 0.15) is 57.1 Å². The minimum atomic E-state index is -0.209. The largest absolute Gasteiger partial charge is 0.352 e. The fraction of sp³-hybridized carbons (Fsp3) is 0.750. The van der Waals surface area contributed by atoms with Gasteiger partial charge in [-0.05, 0) is 43.6 Å². The minimum absolute atomic E-state index is 0. The number of likely N-dealkylation sites (tertiary alicyclic amines) is 1. The van der Waals surface area contributed by atoms with E-state index in [0.717, 1.165) is 24.2 Å². The predicted octanol–water partition coefficient (Wildman–Crippen LogP) is 2.71. The molecule has 2 saturated carbocycles. The zero-order chi connectivity index (χ0) is 17.9. The Bertz CT molecular complexity index is 669. The van der Waals surface area contributed by atoms with Gasteiger partial charge in [0.1, 0.15) is 0 Å². The lowest BCUT2D eigenvalue weighted by Gasteiger charge is -2.31. The van der Waals surface area contributed by atoms with Crippen molar-refractivity contribution in [1.82, 2.24) is 20.4 Å². The Morgan fingerprint density at radius 2 is 1.86 bits per heavy atom. The van der Waals surface area contributed by atoms with Gasteiger partial charge >= 0.3 is 0 Å². The zero-order valence-corrected chi connectivity index (χ0v) is 17.9. The molecule has 2 aliphatic carbocycles. The SMILES string of the molecule is Cl.Cl.O=C(CCc1ccc(=O)[nH]n1)N[C@H]1CN(C2CCCCC2)C[C@@H]1C1CC1. The lowest BCUT2D eigenvalue weighted by molar-refractivity contribution is -0.122. The number of aryl methyl sites for hydroxylation is 1. The van der Waals surface area contributed by atoms with Crippen LogP contribution in [0.3, 0.4) is 0 Å². The highest BCUT2D eigenvalue weighted by Crippen LogP contribution is 2.42. The molecule has 6 nitrogen and oxygen atoms in total. The van der Waals surface area contributed by atoms with Crippen LogP contribution in [0.15, 0.2) is 16.9 Å². The number of amides is 1. The number of H-pyrrole nitrogens is 1. The summed E-state index contributed by atoms with van der Waals surface area (Å²) in [5.41, 5.74) is 0.549. The van der Waals surface area contributed by atoms with Crippen LogP contribution in [0.2, 0.25) is 0 Å². The number of aromatic amines is 1. The Hall–Kier alpha value is -1.11. The minimum Gasteiger partial charge on any atom is -0.352 e. The van der Waals surface area contributed by atoms with E-state index in [0.29, 0.717) is 24.8 Å². The van der Waals surface area contributed by atoms with E-state index in [-0.39, 0.29) is 36.3 Å². The molecule has 1 aliphatic heterocycles. The van der Waals surface area contributed by atoms with Crippen LogP contribution in [-0.2, 0) is 11.2 Å². The average molecular weight is 431 g/mol.